The molecule has 2 aromatic rings. The van der Waals surface area contributed by atoms with Gasteiger partial charge in [-0.3, -0.25) is 4.90 Å². The number of hydrogen-bond acceptors (Lipinski definition) is 4. The van der Waals surface area contributed by atoms with Gasteiger partial charge in [0.1, 0.15) is 0 Å². The number of hydrogen-bond donors (Lipinski definition) is 0. The van der Waals surface area contributed by atoms with Crippen LogP contribution in [0.4, 0.5) is 23.7 Å². The Morgan fingerprint density at radius 3 is 2.68 bits per heavy atom. The number of amides is 1. The standard InChI is InChI=1S/C13H9ClF3N3O2/c1-20(9-4-2-3-8(14)7-9)12(21)22-11-18-6-5-10(19-11)13(15,16)17/h2-7H,1H3. The van der Waals surface area contributed by atoms with Crippen LogP contribution in [0.25, 0.3) is 0 Å². The Labute approximate surface area is 128 Å². The fraction of sp³-hybridized carbons (Fsp3) is 0.154. The summed E-state index contributed by atoms with van der Waals surface area (Å²) in [5.74, 6) is 0. The zero-order chi connectivity index (χ0) is 16.3. The minimum absolute atomic E-state index is 0.396. The van der Waals surface area contributed by atoms with Crippen LogP contribution >= 0.6 is 11.6 Å². The van der Waals surface area contributed by atoms with Crippen molar-refractivity contribution in [2.45, 2.75) is 6.18 Å². The van der Waals surface area contributed by atoms with Crippen molar-refractivity contribution < 1.29 is 22.7 Å². The average molecular weight is 332 g/mol. The Kier molecular flexibility index (Phi) is 4.51. The lowest BCUT2D eigenvalue weighted by Gasteiger charge is -2.16. The van der Waals surface area contributed by atoms with Crippen LogP contribution in [-0.4, -0.2) is 23.1 Å². The number of rotatable bonds is 2. The van der Waals surface area contributed by atoms with Gasteiger partial charge in [-0.15, -0.1) is 0 Å². The van der Waals surface area contributed by atoms with Crippen molar-refractivity contribution in [2.75, 3.05) is 11.9 Å². The molecule has 1 heterocycles. The maximum atomic E-state index is 12.5. The van der Waals surface area contributed by atoms with E-state index >= 15 is 0 Å². The highest BCUT2D eigenvalue weighted by Gasteiger charge is 2.33. The Bertz CT molecular complexity index is 694. The lowest BCUT2D eigenvalue weighted by Crippen LogP contribution is -2.30. The van der Waals surface area contributed by atoms with Gasteiger partial charge < -0.3 is 4.74 Å². The first kappa shape index (κ1) is 16.0. The van der Waals surface area contributed by atoms with E-state index in [1.165, 1.54) is 13.1 Å². The van der Waals surface area contributed by atoms with Crippen LogP contribution in [0.15, 0.2) is 36.5 Å². The Morgan fingerprint density at radius 1 is 1.32 bits per heavy atom. The quantitative estimate of drug-likeness (QED) is 0.840. The summed E-state index contributed by atoms with van der Waals surface area (Å²) in [4.78, 5) is 19.6. The number of nitrogens with zero attached hydrogens (tertiary/aromatic N) is 3. The maximum absolute atomic E-state index is 12.5. The Morgan fingerprint density at radius 2 is 2.05 bits per heavy atom. The average Bonchev–Trinajstić information content (AvgIpc) is 2.46. The highest BCUT2D eigenvalue weighted by Crippen LogP contribution is 2.28. The maximum Gasteiger partial charge on any atom is 0.433 e. The van der Waals surface area contributed by atoms with Crippen LogP contribution in [0.5, 0.6) is 6.01 Å². The first-order chi connectivity index (χ1) is 10.3. The monoisotopic (exact) mass is 331 g/mol. The predicted molar refractivity (Wildman–Crippen MR) is 72.9 cm³/mol. The molecule has 0 bridgehead atoms. The van der Waals surface area contributed by atoms with Crippen molar-refractivity contribution in [1.29, 1.82) is 0 Å². The number of carbonyl (C=O) groups is 1. The van der Waals surface area contributed by atoms with Gasteiger partial charge in [0.15, 0.2) is 5.69 Å². The lowest BCUT2D eigenvalue weighted by molar-refractivity contribution is -0.141. The van der Waals surface area contributed by atoms with Crippen LogP contribution in [0.1, 0.15) is 5.69 Å². The number of ether oxygens (including phenoxy) is 1. The van der Waals surface area contributed by atoms with Crippen LogP contribution in [-0.2, 0) is 6.18 Å². The van der Waals surface area contributed by atoms with Crippen molar-refractivity contribution in [1.82, 2.24) is 9.97 Å². The highest BCUT2D eigenvalue weighted by atomic mass is 35.5. The van der Waals surface area contributed by atoms with Gasteiger partial charge in [0.2, 0.25) is 0 Å². The summed E-state index contributed by atoms with van der Waals surface area (Å²) in [5.41, 5.74) is -0.791. The summed E-state index contributed by atoms with van der Waals surface area (Å²) in [7, 11) is 1.38. The molecule has 0 saturated heterocycles. The van der Waals surface area contributed by atoms with Crippen LogP contribution in [0.3, 0.4) is 0 Å². The predicted octanol–water partition coefficient (Wildman–Crippen LogP) is 3.78. The normalized spacial score (nSPS) is 11.1. The van der Waals surface area contributed by atoms with Crippen molar-refractivity contribution >= 4 is 23.4 Å². The van der Waals surface area contributed by atoms with E-state index in [4.69, 9.17) is 16.3 Å². The van der Waals surface area contributed by atoms with E-state index in [0.717, 1.165) is 11.1 Å². The van der Waals surface area contributed by atoms with Gasteiger partial charge in [0.05, 0.1) is 0 Å². The van der Waals surface area contributed by atoms with E-state index < -0.39 is 24.0 Å². The molecule has 116 valence electrons. The summed E-state index contributed by atoms with van der Waals surface area (Å²) in [6, 6.07) is 6.30. The number of anilines is 1. The van der Waals surface area contributed by atoms with Crippen molar-refractivity contribution in [2.24, 2.45) is 0 Å². The topological polar surface area (TPSA) is 55.3 Å². The molecule has 9 heteroatoms. The van der Waals surface area contributed by atoms with Gasteiger partial charge >= 0.3 is 18.3 Å². The molecule has 0 unspecified atom stereocenters. The second-order valence-corrected chi connectivity index (χ2v) is 4.57. The molecule has 0 saturated carbocycles. The van der Waals surface area contributed by atoms with E-state index in [0.29, 0.717) is 16.8 Å². The van der Waals surface area contributed by atoms with Gasteiger partial charge in [0.25, 0.3) is 0 Å². The molecule has 0 aliphatic heterocycles. The van der Waals surface area contributed by atoms with Crippen molar-refractivity contribution in [3.63, 3.8) is 0 Å². The summed E-state index contributed by atoms with van der Waals surface area (Å²) in [5, 5.41) is 0.396. The number of carbonyl (C=O) groups excluding carboxylic acids is 1. The van der Waals surface area contributed by atoms with Crippen LogP contribution in [0.2, 0.25) is 5.02 Å². The molecule has 0 aliphatic carbocycles. The number of aromatic nitrogens is 2. The smallest absolute Gasteiger partial charge is 0.374 e. The largest absolute Gasteiger partial charge is 0.433 e. The molecule has 1 amide bonds. The van der Waals surface area contributed by atoms with E-state index in [2.05, 4.69) is 9.97 Å². The molecule has 5 nitrogen and oxygen atoms in total. The third-order valence-electron chi connectivity index (χ3n) is 2.57. The zero-order valence-corrected chi connectivity index (χ0v) is 11.9. The third-order valence-corrected chi connectivity index (χ3v) is 2.81. The fourth-order valence-electron chi connectivity index (χ4n) is 1.48. The minimum atomic E-state index is -4.65. The van der Waals surface area contributed by atoms with Crippen LogP contribution in [0, 0.1) is 0 Å². The molecule has 1 aromatic carbocycles. The number of benzene rings is 1. The molecular formula is C13H9ClF3N3O2. The molecule has 0 aliphatic rings. The Balaban J connectivity index is 2.15. The molecule has 0 N–H and O–H groups in total. The van der Waals surface area contributed by atoms with Gasteiger partial charge in [-0.25, -0.2) is 9.78 Å². The summed E-state index contributed by atoms with van der Waals surface area (Å²) < 4.78 is 42.3. The van der Waals surface area contributed by atoms with Gasteiger partial charge in [-0.1, -0.05) is 17.7 Å². The van der Waals surface area contributed by atoms with Gasteiger partial charge in [0, 0.05) is 24.0 Å². The lowest BCUT2D eigenvalue weighted by atomic mass is 10.3. The molecule has 1 aromatic heterocycles. The van der Waals surface area contributed by atoms with Gasteiger partial charge in [-0.2, -0.15) is 18.2 Å². The SMILES string of the molecule is CN(C(=O)Oc1nccc(C(F)(F)F)n1)c1cccc(Cl)c1. The molecule has 2 rings (SSSR count). The minimum Gasteiger partial charge on any atom is -0.374 e. The van der Waals surface area contributed by atoms with E-state index in [-0.39, 0.29) is 0 Å². The summed E-state index contributed by atoms with van der Waals surface area (Å²) >= 11 is 5.80. The van der Waals surface area contributed by atoms with E-state index in [9.17, 15) is 18.0 Å². The van der Waals surface area contributed by atoms with Crippen molar-refractivity contribution in [3.05, 3.63) is 47.2 Å². The second-order valence-electron chi connectivity index (χ2n) is 4.13. The Hall–Kier alpha value is -2.35. The molecular weight excluding hydrogens is 323 g/mol. The van der Waals surface area contributed by atoms with Crippen molar-refractivity contribution in [3.8, 4) is 6.01 Å². The van der Waals surface area contributed by atoms with E-state index in [1.807, 2.05) is 0 Å². The second kappa shape index (κ2) is 6.18. The highest BCUT2D eigenvalue weighted by molar-refractivity contribution is 6.30. The number of halogens is 4. The molecule has 0 atom stereocenters. The third kappa shape index (κ3) is 3.85. The van der Waals surface area contributed by atoms with Gasteiger partial charge in [-0.05, 0) is 24.3 Å². The molecule has 0 spiro atoms. The molecule has 0 fully saturated rings. The zero-order valence-electron chi connectivity index (χ0n) is 11.1. The molecule has 0 radical (unpaired) electrons. The fourth-order valence-corrected chi connectivity index (χ4v) is 1.67. The first-order valence-electron chi connectivity index (χ1n) is 5.89. The summed E-state index contributed by atoms with van der Waals surface area (Å²) in [6.07, 6.45) is -4.73. The summed E-state index contributed by atoms with van der Waals surface area (Å²) in [6.45, 7) is 0. The van der Waals surface area contributed by atoms with E-state index in [1.54, 1.807) is 18.2 Å². The van der Waals surface area contributed by atoms with Crippen LogP contribution < -0.4 is 9.64 Å². The number of alkyl halides is 3. The first-order valence-corrected chi connectivity index (χ1v) is 6.26. The molecule has 22 heavy (non-hydrogen) atoms.